The van der Waals surface area contributed by atoms with Crippen molar-refractivity contribution in [2.45, 2.75) is 6.17 Å². The van der Waals surface area contributed by atoms with Crippen molar-refractivity contribution < 1.29 is 0 Å². The van der Waals surface area contributed by atoms with Crippen LogP contribution in [-0.4, -0.2) is 35.1 Å². The van der Waals surface area contributed by atoms with Gasteiger partial charge >= 0.3 is 0 Å². The molecule has 1 atom stereocenters. The first-order valence-electron chi connectivity index (χ1n) is 20.7. The Morgan fingerprint density at radius 1 is 0.475 bits per heavy atom. The molecular weight excluding hydrogens is 743 g/mol. The molecule has 61 heavy (non-hydrogen) atoms. The lowest BCUT2D eigenvalue weighted by Crippen LogP contribution is -2.35. The SMILES string of the molecule is CN1C(c2cc(-c3ccccc3)cc(-c3cccc(-c4cccnc4)c3)c2)=NC(c2ccccc2)=NC1c1cc(-c2ccccc2)cc(-c2cccc(C3=CC=CNC3)c2)c1. The fraction of sp³-hybridized carbons (Fsp3) is 0.0536. The van der Waals surface area contributed by atoms with Crippen molar-refractivity contribution in [3.63, 3.8) is 0 Å². The highest BCUT2D eigenvalue weighted by Crippen LogP contribution is 2.38. The quantitative estimate of drug-likeness (QED) is 0.159. The number of nitrogens with one attached hydrogen (secondary N) is 1. The smallest absolute Gasteiger partial charge is 0.159 e. The van der Waals surface area contributed by atoms with E-state index in [2.05, 4.69) is 210 Å². The number of hydrogen-bond donors (Lipinski definition) is 1. The predicted octanol–water partition coefficient (Wildman–Crippen LogP) is 12.8. The zero-order valence-corrected chi connectivity index (χ0v) is 33.9. The number of aromatic nitrogens is 1. The summed E-state index contributed by atoms with van der Waals surface area (Å²) in [4.78, 5) is 17.5. The number of aliphatic imine (C=N–C) groups is 2. The molecule has 3 heterocycles. The monoisotopic (exact) mass is 785 g/mol. The minimum Gasteiger partial charge on any atom is -0.387 e. The van der Waals surface area contributed by atoms with Crippen LogP contribution < -0.4 is 5.32 Å². The van der Waals surface area contributed by atoms with Crippen LogP contribution in [0.4, 0.5) is 0 Å². The van der Waals surface area contributed by atoms with Crippen LogP contribution in [0.15, 0.2) is 229 Å². The van der Waals surface area contributed by atoms with E-state index in [1.165, 1.54) is 11.1 Å². The van der Waals surface area contributed by atoms with Crippen molar-refractivity contribution in [2.75, 3.05) is 13.6 Å². The Hall–Kier alpha value is -7.89. The highest BCUT2D eigenvalue weighted by Gasteiger charge is 2.28. The van der Waals surface area contributed by atoms with E-state index >= 15 is 0 Å². The maximum absolute atomic E-state index is 5.47. The molecule has 5 heteroatoms. The molecular formula is C56H43N5. The van der Waals surface area contributed by atoms with Gasteiger partial charge in [-0.05, 0) is 134 Å². The maximum atomic E-state index is 5.47. The van der Waals surface area contributed by atoms with E-state index in [-0.39, 0.29) is 6.17 Å². The van der Waals surface area contributed by atoms with Crippen molar-refractivity contribution in [2.24, 2.45) is 9.98 Å². The predicted molar refractivity (Wildman–Crippen MR) is 253 cm³/mol. The van der Waals surface area contributed by atoms with Gasteiger partial charge in [-0.15, -0.1) is 0 Å². The summed E-state index contributed by atoms with van der Waals surface area (Å²) < 4.78 is 0. The molecule has 0 fully saturated rings. The van der Waals surface area contributed by atoms with Gasteiger partial charge in [0.15, 0.2) is 12.0 Å². The van der Waals surface area contributed by atoms with Gasteiger partial charge in [-0.1, -0.05) is 140 Å². The van der Waals surface area contributed by atoms with Crippen molar-refractivity contribution >= 4 is 17.2 Å². The number of allylic oxidation sites excluding steroid dienone is 2. The largest absolute Gasteiger partial charge is 0.387 e. The number of amidine groups is 2. The van der Waals surface area contributed by atoms with E-state index in [0.717, 1.165) is 84.7 Å². The molecule has 0 spiro atoms. The molecule has 0 saturated carbocycles. The fourth-order valence-corrected chi connectivity index (χ4v) is 8.27. The molecule has 0 aliphatic carbocycles. The van der Waals surface area contributed by atoms with Crippen molar-refractivity contribution in [1.82, 2.24) is 15.2 Å². The second-order valence-corrected chi connectivity index (χ2v) is 15.4. The summed E-state index contributed by atoms with van der Waals surface area (Å²) in [5, 5.41) is 3.37. The van der Waals surface area contributed by atoms with Gasteiger partial charge in [-0.3, -0.25) is 4.98 Å². The molecule has 10 rings (SSSR count). The molecule has 1 unspecified atom stereocenters. The Kier molecular flexibility index (Phi) is 10.3. The molecule has 8 aromatic rings. The molecule has 1 N–H and O–H groups in total. The van der Waals surface area contributed by atoms with Crippen LogP contribution >= 0.6 is 0 Å². The van der Waals surface area contributed by atoms with E-state index in [0.29, 0.717) is 5.84 Å². The summed E-state index contributed by atoms with van der Waals surface area (Å²) in [7, 11) is 2.12. The van der Waals surface area contributed by atoms with Gasteiger partial charge in [-0.25, -0.2) is 9.98 Å². The van der Waals surface area contributed by atoms with Crippen molar-refractivity contribution in [3.05, 3.63) is 241 Å². The Morgan fingerprint density at radius 3 is 1.57 bits per heavy atom. The van der Waals surface area contributed by atoms with Crippen LogP contribution in [0.2, 0.25) is 0 Å². The molecule has 0 amide bonds. The zero-order valence-electron chi connectivity index (χ0n) is 33.9. The Morgan fingerprint density at radius 2 is 0.967 bits per heavy atom. The Labute approximate surface area is 357 Å². The van der Waals surface area contributed by atoms with E-state index in [4.69, 9.17) is 9.98 Å². The molecule has 0 radical (unpaired) electrons. The lowest BCUT2D eigenvalue weighted by molar-refractivity contribution is 0.383. The van der Waals surface area contributed by atoms with Crippen LogP contribution in [0.1, 0.15) is 28.4 Å². The molecule has 5 nitrogen and oxygen atoms in total. The number of pyridine rings is 1. The van der Waals surface area contributed by atoms with Gasteiger partial charge in [0, 0.05) is 42.7 Å². The number of nitrogens with zero attached hydrogens (tertiary/aromatic N) is 4. The van der Waals surface area contributed by atoms with E-state index in [1.54, 1.807) is 0 Å². The number of benzene rings is 7. The third-order valence-electron chi connectivity index (χ3n) is 11.4. The first kappa shape index (κ1) is 37.4. The molecule has 7 aromatic carbocycles. The molecule has 1 aromatic heterocycles. The summed E-state index contributed by atoms with van der Waals surface area (Å²) >= 11 is 0. The second kappa shape index (κ2) is 16.8. The lowest BCUT2D eigenvalue weighted by Gasteiger charge is -2.33. The summed E-state index contributed by atoms with van der Waals surface area (Å²) in [6, 6.07) is 67.0. The lowest BCUT2D eigenvalue weighted by atomic mass is 9.92. The van der Waals surface area contributed by atoms with Crippen LogP contribution in [0.5, 0.6) is 0 Å². The van der Waals surface area contributed by atoms with Crippen molar-refractivity contribution in [1.29, 1.82) is 0 Å². The maximum Gasteiger partial charge on any atom is 0.159 e. The topological polar surface area (TPSA) is 52.9 Å². The first-order chi connectivity index (χ1) is 30.1. The van der Waals surface area contributed by atoms with Crippen LogP contribution in [-0.2, 0) is 0 Å². The molecule has 0 bridgehead atoms. The molecule has 292 valence electrons. The number of rotatable bonds is 9. The van der Waals surface area contributed by atoms with Gasteiger partial charge < -0.3 is 10.2 Å². The van der Waals surface area contributed by atoms with E-state index < -0.39 is 0 Å². The highest BCUT2D eigenvalue weighted by molar-refractivity contribution is 6.13. The summed E-state index contributed by atoms with van der Waals surface area (Å²) in [5.74, 6) is 1.54. The van der Waals surface area contributed by atoms with Gasteiger partial charge in [-0.2, -0.15) is 0 Å². The van der Waals surface area contributed by atoms with Gasteiger partial charge in [0.1, 0.15) is 5.84 Å². The number of dihydropyridines is 1. The average Bonchev–Trinajstić information content (AvgIpc) is 3.35. The zero-order chi connectivity index (χ0) is 41.0. The standard InChI is InChI=1S/C56H43N5/c1-61-55(52-33-48(39-15-5-2-6-16-39)31-50(35-52)44-23-11-21-42(29-44)46-25-13-27-57-37-46)59-54(41-19-9-4-10-20-41)60-56(61)53-34-49(40-17-7-3-8-18-40)32-51(36-53)45-24-12-22-43(30-45)47-26-14-28-58-38-47/h2-37,56,58H,38H2,1H3. The minimum atomic E-state index is -0.374. The molecule has 2 aliphatic heterocycles. The summed E-state index contributed by atoms with van der Waals surface area (Å²) in [5.41, 5.74) is 16.8. The third-order valence-corrected chi connectivity index (χ3v) is 11.4. The Bertz CT molecular complexity index is 2970. The fourth-order valence-electron chi connectivity index (χ4n) is 8.27. The first-order valence-corrected chi connectivity index (χ1v) is 20.7. The van der Waals surface area contributed by atoms with E-state index in [1.807, 2.05) is 30.7 Å². The summed E-state index contributed by atoms with van der Waals surface area (Å²) in [6.45, 7) is 0.796. The van der Waals surface area contributed by atoms with E-state index in [9.17, 15) is 0 Å². The normalized spacial score (nSPS) is 14.7. The second-order valence-electron chi connectivity index (χ2n) is 15.4. The van der Waals surface area contributed by atoms with Gasteiger partial charge in [0.05, 0.1) is 0 Å². The Balaban J connectivity index is 1.13. The van der Waals surface area contributed by atoms with Crippen molar-refractivity contribution in [3.8, 4) is 55.6 Å². The highest BCUT2D eigenvalue weighted by atomic mass is 15.3. The minimum absolute atomic E-state index is 0.374. The molecule has 0 saturated heterocycles. The third kappa shape index (κ3) is 7.97. The number of hydrogen-bond acceptors (Lipinski definition) is 5. The molecule has 2 aliphatic rings. The van der Waals surface area contributed by atoms with Gasteiger partial charge in [0.2, 0.25) is 0 Å². The van der Waals surface area contributed by atoms with Crippen LogP contribution in [0, 0.1) is 0 Å². The summed E-state index contributed by atoms with van der Waals surface area (Å²) in [6.07, 6.45) is 9.60. The van der Waals surface area contributed by atoms with Gasteiger partial charge in [0.25, 0.3) is 0 Å². The van der Waals surface area contributed by atoms with Crippen LogP contribution in [0.3, 0.4) is 0 Å². The average molecular weight is 786 g/mol. The van der Waals surface area contributed by atoms with Crippen LogP contribution in [0.25, 0.3) is 61.2 Å².